The second-order valence-corrected chi connectivity index (χ2v) is 10.7. The van der Waals surface area contributed by atoms with Gasteiger partial charge in [-0.25, -0.2) is 0 Å². The van der Waals surface area contributed by atoms with Gasteiger partial charge in [-0.2, -0.15) is 0 Å². The van der Waals surface area contributed by atoms with Gasteiger partial charge in [0.25, 0.3) is 0 Å². The summed E-state index contributed by atoms with van der Waals surface area (Å²) in [7, 11) is 1.67. The third-order valence-corrected chi connectivity index (χ3v) is 7.78. The third kappa shape index (κ3) is 6.75. The molecule has 0 N–H and O–H groups in total. The van der Waals surface area contributed by atoms with Crippen LogP contribution in [0.3, 0.4) is 0 Å². The Morgan fingerprint density at radius 1 is 0.816 bits per heavy atom. The summed E-state index contributed by atoms with van der Waals surface area (Å²) in [4.78, 5) is 3.27. The molecule has 4 aromatic carbocycles. The van der Waals surface area contributed by atoms with Crippen LogP contribution >= 0.6 is 12.4 Å². The van der Waals surface area contributed by atoms with Crippen LogP contribution in [-0.4, -0.2) is 49.1 Å². The standard InChI is InChI=1S/C31H33NO4S.ClH/c1-34-27-13-17-30-24(22-27)8-16-29(23-6-14-28(15-7-23)37(2)33)31(30)36-26-11-9-25(10-12-26)35-21-20-32-18-4-3-5-19-32;/h6-17,22H,3-5,18-21H2,1-2H3;1H. The van der Waals surface area contributed by atoms with Gasteiger partial charge in [0.15, 0.2) is 4.90 Å². The van der Waals surface area contributed by atoms with Crippen molar-refractivity contribution in [2.24, 2.45) is 0 Å². The fourth-order valence-corrected chi connectivity index (χ4v) is 5.29. The van der Waals surface area contributed by atoms with Gasteiger partial charge in [0, 0.05) is 17.5 Å². The van der Waals surface area contributed by atoms with Crippen molar-refractivity contribution in [3.05, 3.63) is 78.9 Å². The molecule has 0 aromatic heterocycles. The molecular formula is C31H34ClNO4S. The number of halogens is 1. The summed E-state index contributed by atoms with van der Waals surface area (Å²) in [5, 5.41) is 2.02. The lowest BCUT2D eigenvalue weighted by atomic mass is 9.99. The van der Waals surface area contributed by atoms with Gasteiger partial charge in [0.05, 0.1) is 7.11 Å². The van der Waals surface area contributed by atoms with Crippen LogP contribution in [0.5, 0.6) is 23.0 Å². The first-order valence-corrected chi connectivity index (χ1v) is 14.3. The van der Waals surface area contributed by atoms with Gasteiger partial charge in [-0.15, -0.1) is 12.4 Å². The molecule has 0 aliphatic carbocycles. The summed E-state index contributed by atoms with van der Waals surface area (Å²) in [6, 6.07) is 25.7. The second-order valence-electron chi connectivity index (χ2n) is 9.33. The van der Waals surface area contributed by atoms with Crippen LogP contribution in [-0.2, 0) is 11.2 Å². The molecule has 1 heterocycles. The highest BCUT2D eigenvalue weighted by Gasteiger charge is 2.15. The first-order chi connectivity index (χ1) is 18.1. The molecule has 5 rings (SSSR count). The third-order valence-electron chi connectivity index (χ3n) is 6.84. The van der Waals surface area contributed by atoms with Crippen LogP contribution in [0.15, 0.2) is 83.8 Å². The number of benzene rings is 4. The molecule has 0 amide bonds. The lowest BCUT2D eigenvalue weighted by molar-refractivity contribution is 0.183. The van der Waals surface area contributed by atoms with Crippen molar-refractivity contribution < 1.29 is 18.8 Å². The van der Waals surface area contributed by atoms with E-state index in [2.05, 4.69) is 17.0 Å². The molecule has 0 bridgehead atoms. The zero-order valence-corrected chi connectivity index (χ0v) is 23.5. The molecule has 1 atom stereocenters. The van der Waals surface area contributed by atoms with E-state index < -0.39 is 11.2 Å². The quantitative estimate of drug-likeness (QED) is 0.204. The van der Waals surface area contributed by atoms with Gasteiger partial charge >= 0.3 is 0 Å². The SMILES string of the molecule is COc1ccc2c(Oc3ccc(OCCN4CCCCC4)cc3)c(-c3ccc([S+](C)[O-])cc3)ccc2c1.Cl. The minimum absolute atomic E-state index is 0. The number of likely N-dealkylation sites (tertiary alicyclic amines) is 1. The zero-order valence-electron chi connectivity index (χ0n) is 21.9. The van der Waals surface area contributed by atoms with Gasteiger partial charge in [0.2, 0.25) is 0 Å². The molecule has 7 heteroatoms. The molecule has 200 valence electrons. The summed E-state index contributed by atoms with van der Waals surface area (Å²) in [6.45, 7) is 4.00. The first-order valence-electron chi connectivity index (χ1n) is 12.8. The number of ether oxygens (including phenoxy) is 3. The van der Waals surface area contributed by atoms with E-state index in [4.69, 9.17) is 14.2 Å². The fourth-order valence-electron chi connectivity index (χ4n) is 4.77. The molecule has 1 aliphatic rings. The van der Waals surface area contributed by atoms with E-state index in [9.17, 15) is 4.55 Å². The highest BCUT2D eigenvalue weighted by molar-refractivity contribution is 7.90. The highest BCUT2D eigenvalue weighted by atomic mass is 35.5. The molecule has 5 nitrogen and oxygen atoms in total. The zero-order chi connectivity index (χ0) is 25.6. The Kier molecular flexibility index (Phi) is 9.80. The van der Waals surface area contributed by atoms with Gasteiger partial charge in [-0.05, 0) is 121 Å². The van der Waals surface area contributed by atoms with E-state index in [0.29, 0.717) is 6.61 Å². The Morgan fingerprint density at radius 3 is 2.18 bits per heavy atom. The molecular weight excluding hydrogens is 518 g/mol. The number of rotatable bonds is 9. The van der Waals surface area contributed by atoms with Crippen LogP contribution < -0.4 is 14.2 Å². The molecule has 0 saturated carbocycles. The summed E-state index contributed by atoms with van der Waals surface area (Å²) >= 11 is -1.02. The summed E-state index contributed by atoms with van der Waals surface area (Å²) in [6.07, 6.45) is 5.61. The van der Waals surface area contributed by atoms with Gasteiger partial charge in [0.1, 0.15) is 35.9 Å². The topological polar surface area (TPSA) is 54.0 Å². The van der Waals surface area contributed by atoms with E-state index >= 15 is 0 Å². The number of methoxy groups -OCH3 is 1. The first kappa shape index (κ1) is 28.1. The molecule has 0 spiro atoms. The molecule has 1 fully saturated rings. The van der Waals surface area contributed by atoms with E-state index in [1.807, 2.05) is 66.7 Å². The number of piperidine rings is 1. The van der Waals surface area contributed by atoms with Crippen molar-refractivity contribution in [2.75, 3.05) is 39.6 Å². The molecule has 1 aliphatic heterocycles. The molecule has 1 unspecified atom stereocenters. The predicted octanol–water partition coefficient (Wildman–Crippen LogP) is 7.33. The maximum Gasteiger partial charge on any atom is 0.152 e. The molecule has 38 heavy (non-hydrogen) atoms. The average molecular weight is 552 g/mol. The number of nitrogens with zero attached hydrogens (tertiary/aromatic N) is 1. The van der Waals surface area contributed by atoms with E-state index in [1.54, 1.807) is 13.4 Å². The largest absolute Gasteiger partial charge is 0.612 e. The molecule has 0 radical (unpaired) electrons. The van der Waals surface area contributed by atoms with Gasteiger partial charge in [-0.3, -0.25) is 4.90 Å². The van der Waals surface area contributed by atoms with Crippen molar-refractivity contribution >= 4 is 34.4 Å². The Hall–Kier alpha value is -2.90. The molecule has 1 saturated heterocycles. The lowest BCUT2D eigenvalue weighted by Gasteiger charge is -2.26. The summed E-state index contributed by atoms with van der Waals surface area (Å²) in [5.74, 6) is 3.14. The number of hydrogen-bond acceptors (Lipinski definition) is 5. The maximum absolute atomic E-state index is 11.9. The Morgan fingerprint density at radius 2 is 1.50 bits per heavy atom. The van der Waals surface area contributed by atoms with E-state index in [0.717, 1.165) is 56.3 Å². The van der Waals surface area contributed by atoms with Crippen molar-refractivity contribution in [3.8, 4) is 34.1 Å². The van der Waals surface area contributed by atoms with Crippen molar-refractivity contribution in [1.82, 2.24) is 4.90 Å². The maximum atomic E-state index is 11.9. The minimum Gasteiger partial charge on any atom is -0.612 e. The monoisotopic (exact) mass is 551 g/mol. The second kappa shape index (κ2) is 13.3. The minimum atomic E-state index is -1.02. The van der Waals surface area contributed by atoms with Crippen LogP contribution in [0, 0.1) is 0 Å². The normalized spacial score (nSPS) is 14.5. The van der Waals surface area contributed by atoms with Crippen LogP contribution in [0.2, 0.25) is 0 Å². The predicted molar refractivity (Wildman–Crippen MR) is 158 cm³/mol. The Labute approximate surface area is 234 Å². The average Bonchev–Trinajstić information content (AvgIpc) is 2.94. The van der Waals surface area contributed by atoms with Gasteiger partial charge in [-0.1, -0.05) is 12.5 Å². The summed E-state index contributed by atoms with van der Waals surface area (Å²) < 4.78 is 29.8. The highest BCUT2D eigenvalue weighted by Crippen LogP contribution is 2.41. The smallest absolute Gasteiger partial charge is 0.152 e. The number of hydrogen-bond donors (Lipinski definition) is 0. The molecule has 4 aromatic rings. The summed E-state index contributed by atoms with van der Waals surface area (Å²) in [5.41, 5.74) is 1.97. The van der Waals surface area contributed by atoms with Crippen LogP contribution in [0.25, 0.3) is 21.9 Å². The van der Waals surface area contributed by atoms with Gasteiger partial charge < -0.3 is 18.8 Å². The Balaban J connectivity index is 0.00000336. The van der Waals surface area contributed by atoms with E-state index in [-0.39, 0.29) is 12.4 Å². The van der Waals surface area contributed by atoms with Crippen LogP contribution in [0.1, 0.15) is 19.3 Å². The van der Waals surface area contributed by atoms with E-state index in [1.165, 1.54) is 32.4 Å². The van der Waals surface area contributed by atoms with Crippen molar-refractivity contribution in [1.29, 1.82) is 0 Å². The van der Waals surface area contributed by atoms with Crippen molar-refractivity contribution in [3.63, 3.8) is 0 Å². The lowest BCUT2D eigenvalue weighted by Crippen LogP contribution is -2.33. The number of fused-ring (bicyclic) bond motifs is 1. The Bertz CT molecular complexity index is 1320. The van der Waals surface area contributed by atoms with Crippen molar-refractivity contribution in [2.45, 2.75) is 24.2 Å². The fraction of sp³-hybridized carbons (Fsp3) is 0.290. The van der Waals surface area contributed by atoms with Crippen LogP contribution in [0.4, 0.5) is 0 Å².